The standard InChI is InChI=1S/C25H29N5O2/c1-17-23(19-6-3-4-7-20(19)27-17)25(32)30-11-5-8-22(30)21-10-9-18(16-26-21)24(31)29-14-12-28(2)13-15-29/h3-4,6-7,9-10,16,22,27H,5,8,11-15H2,1-2H3/t22-/m0/s1. The van der Waals surface area contributed by atoms with Gasteiger partial charge in [0.2, 0.25) is 0 Å². The fourth-order valence-electron chi connectivity index (χ4n) is 4.93. The third-order valence-corrected chi connectivity index (χ3v) is 6.79. The summed E-state index contributed by atoms with van der Waals surface area (Å²) in [6.45, 7) is 5.94. The summed E-state index contributed by atoms with van der Waals surface area (Å²) >= 11 is 0. The van der Waals surface area contributed by atoms with E-state index >= 15 is 0 Å². The summed E-state index contributed by atoms with van der Waals surface area (Å²) in [4.78, 5) is 40.4. The number of hydrogen-bond donors (Lipinski definition) is 1. The third kappa shape index (κ3) is 3.66. The minimum Gasteiger partial charge on any atom is -0.358 e. The third-order valence-electron chi connectivity index (χ3n) is 6.79. The lowest BCUT2D eigenvalue weighted by molar-refractivity contribution is 0.0662. The molecule has 7 heteroatoms. The van der Waals surface area contributed by atoms with Crippen LogP contribution >= 0.6 is 0 Å². The van der Waals surface area contributed by atoms with Crippen LogP contribution in [0.4, 0.5) is 0 Å². The molecule has 0 bridgehead atoms. The number of likely N-dealkylation sites (N-methyl/N-ethyl adjacent to an activating group) is 1. The zero-order valence-corrected chi connectivity index (χ0v) is 18.7. The molecule has 7 nitrogen and oxygen atoms in total. The van der Waals surface area contributed by atoms with Crippen molar-refractivity contribution in [1.82, 2.24) is 24.7 Å². The lowest BCUT2D eigenvalue weighted by Crippen LogP contribution is -2.47. The second-order valence-electron chi connectivity index (χ2n) is 8.89. The molecule has 2 saturated heterocycles. The summed E-state index contributed by atoms with van der Waals surface area (Å²) in [6, 6.07) is 11.6. The Morgan fingerprint density at radius 3 is 2.53 bits per heavy atom. The predicted octanol–water partition coefficient (Wildman–Crippen LogP) is 3.24. The molecule has 1 N–H and O–H groups in total. The lowest BCUT2D eigenvalue weighted by Gasteiger charge is -2.32. The van der Waals surface area contributed by atoms with Crippen molar-refractivity contribution in [2.75, 3.05) is 39.8 Å². The molecule has 4 heterocycles. The zero-order valence-electron chi connectivity index (χ0n) is 18.7. The number of amides is 2. The fraction of sp³-hybridized carbons (Fsp3) is 0.400. The highest BCUT2D eigenvalue weighted by Gasteiger charge is 2.33. The van der Waals surface area contributed by atoms with Gasteiger partial charge in [-0.25, -0.2) is 0 Å². The monoisotopic (exact) mass is 431 g/mol. The van der Waals surface area contributed by atoms with Crippen molar-refractivity contribution >= 4 is 22.7 Å². The molecule has 5 rings (SSSR count). The highest BCUT2D eigenvalue weighted by molar-refractivity contribution is 6.08. The number of aryl methyl sites for hydroxylation is 1. The summed E-state index contributed by atoms with van der Waals surface area (Å²) in [5.41, 5.74) is 4.08. The number of fused-ring (bicyclic) bond motifs is 1. The lowest BCUT2D eigenvalue weighted by atomic mass is 10.1. The van der Waals surface area contributed by atoms with E-state index in [1.165, 1.54) is 0 Å². The van der Waals surface area contributed by atoms with Crippen LogP contribution < -0.4 is 0 Å². The minimum absolute atomic E-state index is 0.0333. The fourth-order valence-corrected chi connectivity index (χ4v) is 4.93. The van der Waals surface area contributed by atoms with Crippen LogP contribution in [0.3, 0.4) is 0 Å². The summed E-state index contributed by atoms with van der Waals surface area (Å²) in [5, 5.41) is 0.960. The summed E-state index contributed by atoms with van der Waals surface area (Å²) in [7, 11) is 2.07. The van der Waals surface area contributed by atoms with Gasteiger partial charge in [0.1, 0.15) is 0 Å². The molecule has 0 unspecified atom stereocenters. The van der Waals surface area contributed by atoms with Crippen LogP contribution in [-0.2, 0) is 0 Å². The average molecular weight is 432 g/mol. The van der Waals surface area contributed by atoms with Crippen LogP contribution in [0.15, 0.2) is 42.6 Å². The molecule has 0 saturated carbocycles. The summed E-state index contributed by atoms with van der Waals surface area (Å²) in [5.74, 6) is 0.0766. The molecule has 2 aliphatic heterocycles. The van der Waals surface area contributed by atoms with E-state index in [9.17, 15) is 9.59 Å². The maximum atomic E-state index is 13.5. The Morgan fingerprint density at radius 2 is 1.78 bits per heavy atom. The largest absolute Gasteiger partial charge is 0.358 e. The van der Waals surface area contributed by atoms with Crippen LogP contribution in [0.25, 0.3) is 10.9 Å². The highest BCUT2D eigenvalue weighted by atomic mass is 16.2. The molecule has 2 amide bonds. The SMILES string of the molecule is Cc1[nH]c2ccccc2c1C(=O)N1CCC[C@H]1c1ccc(C(=O)N2CCN(C)CC2)cn1. The Kier molecular flexibility index (Phi) is 5.43. The first-order chi connectivity index (χ1) is 15.5. The van der Waals surface area contributed by atoms with Crippen molar-refractivity contribution in [3.63, 3.8) is 0 Å². The Hall–Kier alpha value is -3.19. The normalized spacial score (nSPS) is 19.6. The molecule has 32 heavy (non-hydrogen) atoms. The molecular formula is C25H29N5O2. The van der Waals surface area contributed by atoms with Crippen LogP contribution in [0.5, 0.6) is 0 Å². The van der Waals surface area contributed by atoms with Gasteiger partial charge in [0.15, 0.2) is 0 Å². The van der Waals surface area contributed by atoms with E-state index in [-0.39, 0.29) is 17.9 Å². The van der Waals surface area contributed by atoms with E-state index in [1.54, 1.807) is 6.20 Å². The number of benzene rings is 1. The number of carbonyl (C=O) groups excluding carboxylic acids is 2. The topological polar surface area (TPSA) is 72.5 Å². The van der Waals surface area contributed by atoms with Crippen LogP contribution in [0.2, 0.25) is 0 Å². The Balaban J connectivity index is 1.36. The molecule has 2 fully saturated rings. The van der Waals surface area contributed by atoms with Crippen LogP contribution in [0, 0.1) is 6.92 Å². The van der Waals surface area contributed by atoms with Gasteiger partial charge < -0.3 is 19.7 Å². The molecule has 0 aliphatic carbocycles. The van der Waals surface area contributed by atoms with Crippen molar-refractivity contribution in [2.45, 2.75) is 25.8 Å². The highest BCUT2D eigenvalue weighted by Crippen LogP contribution is 2.34. The number of likely N-dealkylation sites (tertiary alicyclic amines) is 1. The summed E-state index contributed by atoms with van der Waals surface area (Å²) in [6.07, 6.45) is 3.50. The van der Waals surface area contributed by atoms with Crippen molar-refractivity contribution < 1.29 is 9.59 Å². The summed E-state index contributed by atoms with van der Waals surface area (Å²) < 4.78 is 0. The Morgan fingerprint density at radius 1 is 1.00 bits per heavy atom. The second-order valence-corrected chi connectivity index (χ2v) is 8.89. The number of para-hydroxylation sites is 1. The minimum atomic E-state index is -0.0663. The predicted molar refractivity (Wildman–Crippen MR) is 124 cm³/mol. The first-order valence-electron chi connectivity index (χ1n) is 11.3. The van der Waals surface area contributed by atoms with E-state index < -0.39 is 0 Å². The van der Waals surface area contributed by atoms with Gasteiger partial charge in [0, 0.05) is 55.5 Å². The first-order valence-corrected chi connectivity index (χ1v) is 11.3. The van der Waals surface area contributed by atoms with Gasteiger partial charge in [0.05, 0.1) is 22.9 Å². The Bertz CT molecular complexity index is 1140. The quantitative estimate of drug-likeness (QED) is 0.691. The van der Waals surface area contributed by atoms with Crippen LogP contribution in [-0.4, -0.2) is 76.3 Å². The molecule has 166 valence electrons. The molecule has 1 aromatic carbocycles. The molecular weight excluding hydrogens is 402 g/mol. The van der Waals surface area contributed by atoms with E-state index in [1.807, 2.05) is 53.1 Å². The number of pyridine rings is 1. The Labute approximate surface area is 188 Å². The van der Waals surface area contributed by atoms with Gasteiger partial charge in [-0.3, -0.25) is 14.6 Å². The number of rotatable bonds is 3. The number of aromatic amines is 1. The van der Waals surface area contributed by atoms with E-state index in [2.05, 4.69) is 21.9 Å². The first kappa shape index (κ1) is 20.7. The van der Waals surface area contributed by atoms with Crippen molar-refractivity contribution in [2.24, 2.45) is 0 Å². The molecule has 1 atom stereocenters. The van der Waals surface area contributed by atoms with Gasteiger partial charge in [-0.05, 0) is 45.0 Å². The number of nitrogens with zero attached hydrogens (tertiary/aromatic N) is 4. The zero-order chi connectivity index (χ0) is 22.2. The molecule has 2 aliphatic rings. The van der Waals surface area contributed by atoms with Gasteiger partial charge in [-0.1, -0.05) is 18.2 Å². The van der Waals surface area contributed by atoms with E-state index in [0.717, 1.165) is 66.9 Å². The van der Waals surface area contributed by atoms with Gasteiger partial charge in [0.25, 0.3) is 11.8 Å². The van der Waals surface area contributed by atoms with Crippen molar-refractivity contribution in [3.05, 3.63) is 65.1 Å². The number of carbonyl (C=O) groups is 2. The van der Waals surface area contributed by atoms with E-state index in [4.69, 9.17) is 0 Å². The number of piperazine rings is 1. The number of nitrogens with one attached hydrogen (secondary N) is 1. The van der Waals surface area contributed by atoms with Gasteiger partial charge in [-0.2, -0.15) is 0 Å². The maximum Gasteiger partial charge on any atom is 0.256 e. The van der Waals surface area contributed by atoms with Crippen LogP contribution in [0.1, 0.15) is 51.0 Å². The van der Waals surface area contributed by atoms with Gasteiger partial charge >= 0.3 is 0 Å². The van der Waals surface area contributed by atoms with Gasteiger partial charge in [-0.15, -0.1) is 0 Å². The molecule has 2 aromatic heterocycles. The molecule has 0 spiro atoms. The average Bonchev–Trinajstić information content (AvgIpc) is 3.43. The maximum absolute atomic E-state index is 13.5. The smallest absolute Gasteiger partial charge is 0.256 e. The van der Waals surface area contributed by atoms with Crippen molar-refractivity contribution in [3.8, 4) is 0 Å². The van der Waals surface area contributed by atoms with E-state index in [0.29, 0.717) is 12.1 Å². The molecule has 0 radical (unpaired) electrons. The second kappa shape index (κ2) is 8.39. The number of aromatic nitrogens is 2. The number of H-pyrrole nitrogens is 1. The van der Waals surface area contributed by atoms with Crippen molar-refractivity contribution in [1.29, 1.82) is 0 Å². The number of hydrogen-bond acceptors (Lipinski definition) is 4. The molecule has 3 aromatic rings.